The summed E-state index contributed by atoms with van der Waals surface area (Å²) in [6.45, 7) is 2.54. The molecule has 2 aromatic rings. The first-order valence-corrected chi connectivity index (χ1v) is 11.9. The van der Waals surface area contributed by atoms with Gasteiger partial charge in [0.25, 0.3) is 5.91 Å². The lowest BCUT2D eigenvalue weighted by molar-refractivity contribution is -0.172. The fourth-order valence-electron chi connectivity index (χ4n) is 3.44. The van der Waals surface area contributed by atoms with E-state index in [-0.39, 0.29) is 22.8 Å². The number of β-lactam (4-membered cyclic amide) rings is 1. The van der Waals surface area contributed by atoms with Crippen LogP contribution in [0.4, 0.5) is 0 Å². The van der Waals surface area contributed by atoms with Gasteiger partial charge in [-0.05, 0) is 42.7 Å². The summed E-state index contributed by atoms with van der Waals surface area (Å²) in [6.07, 6.45) is 2.77. The molecule has 2 amide bonds. The second-order valence-corrected chi connectivity index (χ2v) is 9.22. The third-order valence-electron chi connectivity index (χ3n) is 5.26. The van der Waals surface area contributed by atoms with Crippen LogP contribution in [0.2, 0.25) is 5.02 Å². The Balaban J connectivity index is 1.37. The van der Waals surface area contributed by atoms with E-state index in [1.54, 1.807) is 46.0 Å². The second-order valence-electron chi connectivity index (χ2n) is 7.59. The number of carbonyl (C=O) groups excluding carboxylic acids is 3. The Labute approximate surface area is 192 Å². The van der Waals surface area contributed by atoms with E-state index in [1.807, 2.05) is 30.3 Å². The molecule has 31 heavy (non-hydrogen) atoms. The van der Waals surface area contributed by atoms with E-state index in [0.29, 0.717) is 30.1 Å². The summed E-state index contributed by atoms with van der Waals surface area (Å²) in [4.78, 5) is 36.8. The summed E-state index contributed by atoms with van der Waals surface area (Å²) < 4.78 is 0. The number of thioether (sulfide) groups is 1. The number of unbranched alkanes of at least 4 members (excludes halogenated alkanes) is 2. The molecule has 1 unspecified atom stereocenters. The molecule has 3 rings (SSSR count). The number of hydrogen-bond acceptors (Lipinski definition) is 4. The van der Waals surface area contributed by atoms with E-state index < -0.39 is 0 Å². The fourth-order valence-corrected chi connectivity index (χ4v) is 4.67. The van der Waals surface area contributed by atoms with Crippen LogP contribution in [0.5, 0.6) is 0 Å². The lowest BCUT2D eigenvalue weighted by Crippen LogP contribution is -2.63. The zero-order valence-electron chi connectivity index (χ0n) is 17.6. The van der Waals surface area contributed by atoms with Crippen LogP contribution in [0, 0.1) is 0 Å². The van der Waals surface area contributed by atoms with Gasteiger partial charge in [0, 0.05) is 36.2 Å². The second kappa shape index (κ2) is 11.3. The molecule has 1 heterocycles. The fraction of sp³-hybridized carbons (Fsp3) is 0.375. The third kappa shape index (κ3) is 6.58. The van der Waals surface area contributed by atoms with Gasteiger partial charge in [0.15, 0.2) is 5.78 Å². The predicted molar refractivity (Wildman–Crippen MR) is 125 cm³/mol. The molecule has 1 aliphatic rings. The first-order chi connectivity index (χ1) is 15.0. The van der Waals surface area contributed by atoms with Crippen molar-refractivity contribution in [3.05, 3.63) is 70.7 Å². The van der Waals surface area contributed by atoms with Gasteiger partial charge in [0.2, 0.25) is 5.91 Å². The van der Waals surface area contributed by atoms with Crippen LogP contribution in [0.3, 0.4) is 0 Å². The molecule has 0 saturated carbocycles. The number of rotatable bonds is 11. The molecule has 164 valence electrons. The average Bonchev–Trinajstić information content (AvgIpc) is 2.77. The molecule has 0 aromatic heterocycles. The van der Waals surface area contributed by atoms with Crippen molar-refractivity contribution in [3.8, 4) is 0 Å². The molecule has 1 saturated heterocycles. The number of amides is 2. The number of benzene rings is 2. The molecular formula is C24H27ClN2O3S. The van der Waals surface area contributed by atoms with Gasteiger partial charge in [0.1, 0.15) is 5.25 Å². The Hall–Kier alpha value is -2.31. The molecule has 1 atom stereocenters. The number of nitrogens with zero attached hydrogens (tertiary/aromatic N) is 2. The van der Waals surface area contributed by atoms with Gasteiger partial charge >= 0.3 is 0 Å². The molecule has 0 radical (unpaired) electrons. The maximum Gasteiger partial charge on any atom is 0.256 e. The number of hydrazine groups is 1. The first-order valence-electron chi connectivity index (χ1n) is 10.5. The van der Waals surface area contributed by atoms with Crippen LogP contribution in [0.1, 0.15) is 48.5 Å². The highest BCUT2D eigenvalue weighted by molar-refractivity contribution is 8.00. The normalized spacial score (nSPS) is 15.5. The van der Waals surface area contributed by atoms with Gasteiger partial charge in [-0.2, -0.15) is 0 Å². The Morgan fingerprint density at radius 2 is 1.77 bits per heavy atom. The Morgan fingerprint density at radius 3 is 2.42 bits per heavy atom. The van der Waals surface area contributed by atoms with Gasteiger partial charge in [0.05, 0.1) is 6.54 Å². The number of carbonyl (C=O) groups is 3. The summed E-state index contributed by atoms with van der Waals surface area (Å²) in [5.74, 6) is 0.745. The molecule has 7 heteroatoms. The van der Waals surface area contributed by atoms with Gasteiger partial charge in [-0.3, -0.25) is 19.4 Å². The van der Waals surface area contributed by atoms with Crippen LogP contribution >= 0.6 is 23.4 Å². The van der Waals surface area contributed by atoms with Crippen molar-refractivity contribution in [1.82, 2.24) is 10.0 Å². The predicted octanol–water partition coefficient (Wildman–Crippen LogP) is 4.99. The minimum Gasteiger partial charge on any atom is -0.294 e. The number of ketones is 1. The Kier molecular flexibility index (Phi) is 8.55. The lowest BCUT2D eigenvalue weighted by Gasteiger charge is -2.44. The average molecular weight is 459 g/mol. The topological polar surface area (TPSA) is 57.7 Å². The van der Waals surface area contributed by atoms with Crippen molar-refractivity contribution < 1.29 is 14.4 Å². The minimum absolute atomic E-state index is 0.00551. The SMILES string of the molecule is CC(=O)N(CCCCCC(=O)c1ccc(Cl)cc1)N1CC(SCc2ccccc2)C1=O. The van der Waals surface area contributed by atoms with Crippen LogP contribution in [0.15, 0.2) is 54.6 Å². The number of hydrogen-bond donors (Lipinski definition) is 0. The lowest BCUT2D eigenvalue weighted by atomic mass is 10.0. The standard InChI is InChI=1S/C24H27ClN2O3S/c1-18(28)26(15-7-3-6-10-22(29)20-11-13-21(25)14-12-20)27-16-23(24(27)30)31-17-19-8-4-2-5-9-19/h2,4-5,8-9,11-14,23H,3,6-7,10,15-17H2,1H3. The van der Waals surface area contributed by atoms with Gasteiger partial charge < -0.3 is 0 Å². The van der Waals surface area contributed by atoms with Gasteiger partial charge in [-0.1, -0.05) is 48.4 Å². The summed E-state index contributed by atoms with van der Waals surface area (Å²) >= 11 is 7.47. The first kappa shape index (κ1) is 23.4. The summed E-state index contributed by atoms with van der Waals surface area (Å²) in [5, 5.41) is 3.62. The van der Waals surface area contributed by atoms with E-state index in [0.717, 1.165) is 25.0 Å². The van der Waals surface area contributed by atoms with Crippen molar-refractivity contribution >= 4 is 41.0 Å². The largest absolute Gasteiger partial charge is 0.294 e. The maximum absolute atomic E-state index is 12.5. The van der Waals surface area contributed by atoms with E-state index in [2.05, 4.69) is 0 Å². The monoisotopic (exact) mass is 458 g/mol. The van der Waals surface area contributed by atoms with Gasteiger partial charge in [-0.25, -0.2) is 5.01 Å². The van der Waals surface area contributed by atoms with E-state index >= 15 is 0 Å². The van der Waals surface area contributed by atoms with E-state index in [1.165, 1.54) is 12.5 Å². The Morgan fingerprint density at radius 1 is 1.06 bits per heavy atom. The van der Waals surface area contributed by atoms with Crippen molar-refractivity contribution in [1.29, 1.82) is 0 Å². The van der Waals surface area contributed by atoms with Crippen LogP contribution in [-0.2, 0) is 15.3 Å². The molecule has 0 N–H and O–H groups in total. The van der Waals surface area contributed by atoms with Gasteiger partial charge in [-0.15, -0.1) is 11.8 Å². The Bertz CT molecular complexity index is 905. The number of halogens is 1. The minimum atomic E-state index is -0.128. The maximum atomic E-state index is 12.5. The quantitative estimate of drug-likeness (QED) is 0.270. The molecule has 2 aromatic carbocycles. The van der Waals surface area contributed by atoms with Crippen molar-refractivity contribution in [2.24, 2.45) is 0 Å². The molecule has 0 bridgehead atoms. The highest BCUT2D eigenvalue weighted by Crippen LogP contribution is 2.28. The van der Waals surface area contributed by atoms with E-state index in [9.17, 15) is 14.4 Å². The molecular weight excluding hydrogens is 432 g/mol. The summed E-state index contributed by atoms with van der Waals surface area (Å²) in [7, 11) is 0. The van der Waals surface area contributed by atoms with Crippen molar-refractivity contribution in [2.75, 3.05) is 13.1 Å². The zero-order chi connectivity index (χ0) is 22.2. The van der Waals surface area contributed by atoms with Crippen LogP contribution < -0.4 is 0 Å². The van der Waals surface area contributed by atoms with Crippen molar-refractivity contribution in [2.45, 2.75) is 43.6 Å². The van der Waals surface area contributed by atoms with Crippen molar-refractivity contribution in [3.63, 3.8) is 0 Å². The molecule has 1 aliphatic heterocycles. The molecule has 0 aliphatic carbocycles. The molecule has 1 fully saturated rings. The zero-order valence-corrected chi connectivity index (χ0v) is 19.2. The smallest absolute Gasteiger partial charge is 0.256 e. The number of Topliss-reactive ketones (excluding diaryl/α,β-unsaturated/α-hetero) is 1. The summed E-state index contributed by atoms with van der Waals surface area (Å²) in [5.41, 5.74) is 1.86. The van der Waals surface area contributed by atoms with Crippen LogP contribution in [-0.4, -0.2) is 46.0 Å². The highest BCUT2D eigenvalue weighted by Gasteiger charge is 2.41. The van der Waals surface area contributed by atoms with Crippen LogP contribution in [0.25, 0.3) is 0 Å². The van der Waals surface area contributed by atoms with E-state index in [4.69, 9.17) is 11.6 Å². The summed E-state index contributed by atoms with van der Waals surface area (Å²) in [6, 6.07) is 17.0. The molecule has 5 nitrogen and oxygen atoms in total. The highest BCUT2D eigenvalue weighted by atomic mass is 35.5. The molecule has 0 spiro atoms. The third-order valence-corrected chi connectivity index (χ3v) is 6.76.